The van der Waals surface area contributed by atoms with Gasteiger partial charge in [0.25, 0.3) is 0 Å². The molecule has 4 heteroatoms. The van der Waals surface area contributed by atoms with Crippen molar-refractivity contribution in [3.63, 3.8) is 0 Å². The molecule has 0 aliphatic rings. The molecule has 0 fully saturated rings. The standard InChI is InChI=1S/C14H12ClN3/c1-18(13-5-3-2-4-10(13)9-16)14-7-6-11(17)8-12(14)15/h2-8H,17H2,1H3. The highest BCUT2D eigenvalue weighted by Gasteiger charge is 2.11. The predicted octanol–water partition coefficient (Wildman–Crippen LogP) is 3.56. The average molecular weight is 258 g/mol. The van der Waals surface area contributed by atoms with Gasteiger partial charge in [-0.25, -0.2) is 0 Å². The van der Waals surface area contributed by atoms with E-state index < -0.39 is 0 Å². The number of nitriles is 1. The summed E-state index contributed by atoms with van der Waals surface area (Å²) in [5.74, 6) is 0. The van der Waals surface area contributed by atoms with Gasteiger partial charge < -0.3 is 10.6 Å². The molecule has 0 aromatic heterocycles. The number of rotatable bonds is 2. The number of nitrogens with two attached hydrogens (primary N) is 1. The van der Waals surface area contributed by atoms with E-state index >= 15 is 0 Å². The lowest BCUT2D eigenvalue weighted by Gasteiger charge is -2.22. The highest BCUT2D eigenvalue weighted by atomic mass is 35.5. The Hall–Kier alpha value is -2.18. The maximum absolute atomic E-state index is 9.10. The molecular formula is C14H12ClN3. The van der Waals surface area contributed by atoms with Crippen molar-refractivity contribution in [1.82, 2.24) is 0 Å². The molecule has 2 aromatic carbocycles. The highest BCUT2D eigenvalue weighted by Crippen LogP contribution is 2.33. The Morgan fingerprint density at radius 3 is 2.56 bits per heavy atom. The van der Waals surface area contributed by atoms with Crippen molar-refractivity contribution in [3.05, 3.63) is 53.1 Å². The summed E-state index contributed by atoms with van der Waals surface area (Å²) in [4.78, 5) is 1.88. The van der Waals surface area contributed by atoms with E-state index in [9.17, 15) is 0 Å². The van der Waals surface area contributed by atoms with Crippen molar-refractivity contribution in [1.29, 1.82) is 5.26 Å². The number of nitrogen functional groups attached to an aromatic ring is 1. The maximum atomic E-state index is 9.10. The quantitative estimate of drug-likeness (QED) is 0.837. The van der Waals surface area contributed by atoms with E-state index in [1.54, 1.807) is 18.2 Å². The molecule has 3 nitrogen and oxygen atoms in total. The van der Waals surface area contributed by atoms with Crippen molar-refractivity contribution in [2.24, 2.45) is 0 Å². The minimum Gasteiger partial charge on any atom is -0.399 e. The first kappa shape index (κ1) is 12.3. The molecule has 90 valence electrons. The summed E-state index contributed by atoms with van der Waals surface area (Å²) < 4.78 is 0. The van der Waals surface area contributed by atoms with Gasteiger partial charge in [0.2, 0.25) is 0 Å². The molecule has 0 atom stereocenters. The summed E-state index contributed by atoms with van der Waals surface area (Å²) in [5, 5.41) is 9.66. The second kappa shape index (κ2) is 4.99. The molecule has 2 N–H and O–H groups in total. The Balaban J connectivity index is 2.48. The minimum atomic E-state index is 0.560. The van der Waals surface area contributed by atoms with Crippen LogP contribution in [0.3, 0.4) is 0 Å². The van der Waals surface area contributed by atoms with Crippen LogP contribution in [0.4, 0.5) is 17.1 Å². The Morgan fingerprint density at radius 2 is 1.89 bits per heavy atom. The Kier molecular flexibility index (Phi) is 3.40. The number of hydrogen-bond acceptors (Lipinski definition) is 3. The van der Waals surface area contributed by atoms with Crippen LogP contribution in [0.25, 0.3) is 0 Å². The van der Waals surface area contributed by atoms with E-state index in [-0.39, 0.29) is 0 Å². The third-order valence-electron chi connectivity index (χ3n) is 2.72. The molecule has 0 saturated heterocycles. The molecule has 0 aliphatic carbocycles. The molecule has 0 bridgehead atoms. The fourth-order valence-electron chi connectivity index (χ4n) is 1.79. The first-order valence-corrected chi connectivity index (χ1v) is 5.79. The van der Waals surface area contributed by atoms with Gasteiger partial charge in [0.1, 0.15) is 6.07 Å². The molecule has 18 heavy (non-hydrogen) atoms. The van der Waals surface area contributed by atoms with Crippen LogP contribution in [0.5, 0.6) is 0 Å². The van der Waals surface area contributed by atoms with Crippen molar-refractivity contribution >= 4 is 28.7 Å². The minimum absolute atomic E-state index is 0.560. The van der Waals surface area contributed by atoms with E-state index in [1.807, 2.05) is 36.2 Å². The zero-order valence-corrected chi connectivity index (χ0v) is 10.6. The summed E-state index contributed by atoms with van der Waals surface area (Å²) >= 11 is 6.17. The fraction of sp³-hybridized carbons (Fsp3) is 0.0714. The van der Waals surface area contributed by atoms with Crippen molar-refractivity contribution in [2.45, 2.75) is 0 Å². The van der Waals surface area contributed by atoms with E-state index in [0.29, 0.717) is 16.3 Å². The normalized spacial score (nSPS) is 9.83. The first-order valence-electron chi connectivity index (χ1n) is 5.41. The summed E-state index contributed by atoms with van der Waals surface area (Å²) in [5.41, 5.74) is 8.51. The highest BCUT2D eigenvalue weighted by molar-refractivity contribution is 6.33. The summed E-state index contributed by atoms with van der Waals surface area (Å²) in [6.45, 7) is 0. The fourth-order valence-corrected chi connectivity index (χ4v) is 2.10. The lowest BCUT2D eigenvalue weighted by atomic mass is 10.1. The molecule has 2 rings (SSSR count). The Morgan fingerprint density at radius 1 is 1.17 bits per heavy atom. The largest absolute Gasteiger partial charge is 0.399 e. The van der Waals surface area contributed by atoms with Gasteiger partial charge in [-0.2, -0.15) is 5.26 Å². The molecular weight excluding hydrogens is 246 g/mol. The van der Waals surface area contributed by atoms with Crippen LogP contribution in [0.15, 0.2) is 42.5 Å². The Labute approximate surface area is 111 Å². The first-order chi connectivity index (χ1) is 8.63. The molecule has 0 spiro atoms. The van der Waals surface area contributed by atoms with Crippen LogP contribution in [0, 0.1) is 11.3 Å². The van der Waals surface area contributed by atoms with Gasteiger partial charge in [0.15, 0.2) is 0 Å². The smallest absolute Gasteiger partial charge is 0.101 e. The third-order valence-corrected chi connectivity index (χ3v) is 3.02. The second-order valence-electron chi connectivity index (χ2n) is 3.90. The van der Waals surface area contributed by atoms with Crippen LogP contribution in [-0.4, -0.2) is 7.05 Å². The lowest BCUT2D eigenvalue weighted by Crippen LogP contribution is -2.11. The molecule has 0 heterocycles. The topological polar surface area (TPSA) is 53.0 Å². The summed E-state index contributed by atoms with van der Waals surface area (Å²) in [6.07, 6.45) is 0. The monoisotopic (exact) mass is 257 g/mol. The number of nitrogens with zero attached hydrogens (tertiary/aromatic N) is 2. The van der Waals surface area contributed by atoms with Crippen molar-refractivity contribution in [3.8, 4) is 6.07 Å². The number of anilines is 3. The van der Waals surface area contributed by atoms with E-state index in [4.69, 9.17) is 22.6 Å². The van der Waals surface area contributed by atoms with Gasteiger partial charge in [0, 0.05) is 12.7 Å². The average Bonchev–Trinajstić information content (AvgIpc) is 2.38. The van der Waals surface area contributed by atoms with Crippen LogP contribution in [0.1, 0.15) is 5.56 Å². The van der Waals surface area contributed by atoms with Crippen molar-refractivity contribution in [2.75, 3.05) is 17.7 Å². The number of benzene rings is 2. The molecule has 0 saturated carbocycles. The van der Waals surface area contributed by atoms with E-state index in [2.05, 4.69) is 6.07 Å². The van der Waals surface area contributed by atoms with Crippen LogP contribution >= 0.6 is 11.6 Å². The number of hydrogen-bond donors (Lipinski definition) is 1. The van der Waals surface area contributed by atoms with E-state index in [0.717, 1.165) is 11.4 Å². The SMILES string of the molecule is CN(c1ccc(N)cc1Cl)c1ccccc1C#N. The lowest BCUT2D eigenvalue weighted by molar-refractivity contribution is 1.20. The summed E-state index contributed by atoms with van der Waals surface area (Å²) in [7, 11) is 1.87. The zero-order valence-electron chi connectivity index (χ0n) is 9.89. The molecule has 0 radical (unpaired) electrons. The van der Waals surface area contributed by atoms with Gasteiger partial charge >= 0.3 is 0 Å². The van der Waals surface area contributed by atoms with Crippen LogP contribution in [-0.2, 0) is 0 Å². The van der Waals surface area contributed by atoms with Crippen LogP contribution in [0.2, 0.25) is 5.02 Å². The van der Waals surface area contributed by atoms with E-state index in [1.165, 1.54) is 0 Å². The third kappa shape index (κ3) is 2.24. The maximum Gasteiger partial charge on any atom is 0.101 e. The van der Waals surface area contributed by atoms with Gasteiger partial charge in [-0.05, 0) is 30.3 Å². The second-order valence-corrected chi connectivity index (χ2v) is 4.31. The van der Waals surface area contributed by atoms with Gasteiger partial charge in [-0.3, -0.25) is 0 Å². The Bertz CT molecular complexity index is 617. The van der Waals surface area contributed by atoms with Gasteiger partial charge in [-0.15, -0.1) is 0 Å². The predicted molar refractivity (Wildman–Crippen MR) is 75.1 cm³/mol. The molecule has 0 amide bonds. The number of halogens is 1. The zero-order chi connectivity index (χ0) is 13.1. The van der Waals surface area contributed by atoms with Crippen LogP contribution < -0.4 is 10.6 Å². The molecule has 2 aromatic rings. The van der Waals surface area contributed by atoms with Gasteiger partial charge in [-0.1, -0.05) is 23.7 Å². The van der Waals surface area contributed by atoms with Gasteiger partial charge in [0.05, 0.1) is 22.0 Å². The molecule has 0 unspecified atom stereocenters. The number of para-hydroxylation sites is 1. The molecule has 0 aliphatic heterocycles. The summed E-state index contributed by atoms with van der Waals surface area (Å²) in [6, 6.07) is 14.9. The van der Waals surface area contributed by atoms with Crippen molar-refractivity contribution < 1.29 is 0 Å².